The van der Waals surface area contributed by atoms with Crippen LogP contribution < -0.4 is 20.1 Å². The molecule has 0 radical (unpaired) electrons. The van der Waals surface area contributed by atoms with Crippen LogP contribution in [0.4, 0.5) is 17.3 Å². The zero-order valence-electron chi connectivity index (χ0n) is 16.9. The van der Waals surface area contributed by atoms with E-state index in [4.69, 9.17) is 9.47 Å². The van der Waals surface area contributed by atoms with Gasteiger partial charge in [0.05, 0.1) is 14.2 Å². The number of anilines is 3. The summed E-state index contributed by atoms with van der Waals surface area (Å²) in [6, 6.07) is 12.8. The van der Waals surface area contributed by atoms with Gasteiger partial charge in [-0.25, -0.2) is 9.97 Å². The number of rotatable bonds is 7. The molecule has 0 aliphatic rings. The summed E-state index contributed by atoms with van der Waals surface area (Å²) in [5.74, 6) is 1.14. The van der Waals surface area contributed by atoms with Crippen molar-refractivity contribution in [2.45, 2.75) is 20.3 Å². The second-order valence-corrected chi connectivity index (χ2v) is 6.38. The number of ether oxygens (including phenoxy) is 2. The molecule has 1 amide bonds. The highest BCUT2D eigenvalue weighted by Crippen LogP contribution is 2.30. The molecule has 0 atom stereocenters. The second-order valence-electron chi connectivity index (χ2n) is 6.38. The van der Waals surface area contributed by atoms with Crippen molar-refractivity contribution < 1.29 is 14.3 Å². The van der Waals surface area contributed by atoms with E-state index in [1.54, 1.807) is 44.7 Å². The predicted molar refractivity (Wildman–Crippen MR) is 113 cm³/mol. The van der Waals surface area contributed by atoms with Crippen LogP contribution in [0.25, 0.3) is 0 Å². The highest BCUT2D eigenvalue weighted by Gasteiger charge is 2.13. The van der Waals surface area contributed by atoms with E-state index in [9.17, 15) is 4.79 Å². The molecule has 0 unspecified atom stereocenters. The van der Waals surface area contributed by atoms with Gasteiger partial charge in [0, 0.05) is 23.6 Å². The van der Waals surface area contributed by atoms with Crippen molar-refractivity contribution in [1.82, 2.24) is 9.97 Å². The van der Waals surface area contributed by atoms with E-state index in [0.717, 1.165) is 23.2 Å². The number of para-hydroxylation sites is 1. The van der Waals surface area contributed by atoms with Gasteiger partial charge in [-0.1, -0.05) is 25.1 Å². The quantitative estimate of drug-likeness (QED) is 0.621. The molecule has 1 heterocycles. The Balaban J connectivity index is 1.80. The van der Waals surface area contributed by atoms with Gasteiger partial charge >= 0.3 is 0 Å². The van der Waals surface area contributed by atoms with Crippen LogP contribution in [0.5, 0.6) is 11.5 Å². The van der Waals surface area contributed by atoms with Crippen LogP contribution in [0.2, 0.25) is 0 Å². The van der Waals surface area contributed by atoms with Crippen molar-refractivity contribution in [3.05, 3.63) is 65.5 Å². The average Bonchev–Trinajstić information content (AvgIpc) is 2.75. The lowest BCUT2D eigenvalue weighted by molar-refractivity contribution is 0.102. The maximum atomic E-state index is 12.7. The van der Waals surface area contributed by atoms with Gasteiger partial charge in [0.25, 0.3) is 5.91 Å². The fraction of sp³-hybridized carbons (Fsp3) is 0.227. The normalized spacial score (nSPS) is 10.3. The first-order valence-corrected chi connectivity index (χ1v) is 9.27. The molecule has 7 nitrogen and oxygen atoms in total. The number of amides is 1. The average molecular weight is 392 g/mol. The standard InChI is InChI=1S/C22H24N4O3/c1-5-15-8-6-7-14(2)20(15)26-22-23-12-11-17(25-22)21(27)24-16-9-10-18(28-3)19(13-16)29-4/h6-13H,5H2,1-4H3,(H,24,27)(H,23,25,26). The highest BCUT2D eigenvalue weighted by atomic mass is 16.5. The zero-order chi connectivity index (χ0) is 20.8. The monoisotopic (exact) mass is 392 g/mol. The van der Waals surface area contributed by atoms with Crippen LogP contribution >= 0.6 is 0 Å². The third-order valence-corrected chi connectivity index (χ3v) is 4.51. The minimum atomic E-state index is -0.344. The third-order valence-electron chi connectivity index (χ3n) is 4.51. The van der Waals surface area contributed by atoms with E-state index in [1.165, 1.54) is 0 Å². The Labute approximate surface area is 170 Å². The molecule has 0 spiro atoms. The van der Waals surface area contributed by atoms with E-state index in [2.05, 4.69) is 33.6 Å². The number of aryl methyl sites for hydroxylation is 2. The number of aromatic nitrogens is 2. The molecule has 150 valence electrons. The molecule has 2 N–H and O–H groups in total. The first-order valence-electron chi connectivity index (χ1n) is 9.27. The molecule has 0 aliphatic carbocycles. The Morgan fingerprint density at radius 2 is 1.86 bits per heavy atom. The predicted octanol–water partition coefficient (Wildman–Crippen LogP) is 4.36. The maximum Gasteiger partial charge on any atom is 0.274 e. The highest BCUT2D eigenvalue weighted by molar-refractivity contribution is 6.03. The molecular formula is C22H24N4O3. The molecule has 3 rings (SSSR count). The molecule has 0 saturated carbocycles. The lowest BCUT2D eigenvalue weighted by atomic mass is 10.1. The number of methoxy groups -OCH3 is 2. The Kier molecular flexibility index (Phi) is 6.29. The van der Waals surface area contributed by atoms with Gasteiger partial charge < -0.3 is 20.1 Å². The molecule has 0 aliphatic heterocycles. The Morgan fingerprint density at radius 3 is 2.59 bits per heavy atom. The molecule has 0 saturated heterocycles. The van der Waals surface area contributed by atoms with Crippen molar-refractivity contribution in [1.29, 1.82) is 0 Å². The summed E-state index contributed by atoms with van der Waals surface area (Å²) < 4.78 is 10.5. The van der Waals surface area contributed by atoms with Crippen molar-refractivity contribution in [3.63, 3.8) is 0 Å². The van der Waals surface area contributed by atoms with E-state index < -0.39 is 0 Å². The van der Waals surface area contributed by atoms with Crippen molar-refractivity contribution in [2.75, 3.05) is 24.9 Å². The molecule has 0 bridgehead atoms. The van der Waals surface area contributed by atoms with Crippen LogP contribution in [0, 0.1) is 6.92 Å². The van der Waals surface area contributed by atoms with Crippen molar-refractivity contribution >= 4 is 23.2 Å². The number of carbonyl (C=O) groups is 1. The second kappa shape index (κ2) is 9.05. The number of hydrogen-bond acceptors (Lipinski definition) is 6. The van der Waals surface area contributed by atoms with Crippen LogP contribution in [-0.2, 0) is 6.42 Å². The summed E-state index contributed by atoms with van der Waals surface area (Å²) in [7, 11) is 3.10. The van der Waals surface area contributed by atoms with Crippen LogP contribution in [0.3, 0.4) is 0 Å². The van der Waals surface area contributed by atoms with E-state index in [1.807, 2.05) is 19.1 Å². The number of carbonyl (C=O) groups excluding carboxylic acids is 1. The lowest BCUT2D eigenvalue weighted by Crippen LogP contribution is -2.15. The summed E-state index contributed by atoms with van der Waals surface area (Å²) >= 11 is 0. The van der Waals surface area contributed by atoms with Gasteiger partial charge in [-0.3, -0.25) is 4.79 Å². The van der Waals surface area contributed by atoms with Gasteiger partial charge in [-0.05, 0) is 42.7 Å². The van der Waals surface area contributed by atoms with Gasteiger partial charge in [0.1, 0.15) is 5.69 Å². The minimum absolute atomic E-state index is 0.254. The van der Waals surface area contributed by atoms with E-state index in [-0.39, 0.29) is 11.6 Å². The molecule has 3 aromatic rings. The summed E-state index contributed by atoms with van der Waals surface area (Å²) in [6.07, 6.45) is 2.44. The van der Waals surface area contributed by atoms with Crippen LogP contribution in [0.15, 0.2) is 48.7 Å². The van der Waals surface area contributed by atoms with Gasteiger partial charge in [0.15, 0.2) is 11.5 Å². The maximum absolute atomic E-state index is 12.7. The SMILES string of the molecule is CCc1cccc(C)c1Nc1nccc(C(=O)Nc2ccc(OC)c(OC)c2)n1. The van der Waals surface area contributed by atoms with E-state index >= 15 is 0 Å². The molecule has 7 heteroatoms. The summed E-state index contributed by atoms with van der Waals surface area (Å²) in [5.41, 5.74) is 4.05. The largest absolute Gasteiger partial charge is 0.493 e. The number of nitrogens with zero attached hydrogens (tertiary/aromatic N) is 2. The van der Waals surface area contributed by atoms with Gasteiger partial charge in [-0.15, -0.1) is 0 Å². The fourth-order valence-electron chi connectivity index (χ4n) is 2.97. The lowest BCUT2D eigenvalue weighted by Gasteiger charge is -2.13. The molecule has 0 fully saturated rings. The number of hydrogen-bond donors (Lipinski definition) is 2. The van der Waals surface area contributed by atoms with Gasteiger partial charge in [-0.2, -0.15) is 0 Å². The summed E-state index contributed by atoms with van der Waals surface area (Å²) in [5, 5.41) is 6.06. The Hall–Kier alpha value is -3.61. The van der Waals surface area contributed by atoms with Crippen LogP contribution in [0.1, 0.15) is 28.5 Å². The molecular weight excluding hydrogens is 368 g/mol. The number of benzene rings is 2. The molecule has 2 aromatic carbocycles. The van der Waals surface area contributed by atoms with Crippen molar-refractivity contribution in [3.8, 4) is 11.5 Å². The first kappa shape index (κ1) is 20.1. The summed E-state index contributed by atoms with van der Waals surface area (Å²) in [4.78, 5) is 21.3. The Morgan fingerprint density at radius 1 is 1.07 bits per heavy atom. The van der Waals surface area contributed by atoms with Gasteiger partial charge in [0.2, 0.25) is 5.95 Å². The molecule has 29 heavy (non-hydrogen) atoms. The zero-order valence-corrected chi connectivity index (χ0v) is 16.9. The number of nitrogens with one attached hydrogen (secondary N) is 2. The third kappa shape index (κ3) is 4.63. The van der Waals surface area contributed by atoms with Crippen molar-refractivity contribution in [2.24, 2.45) is 0 Å². The summed E-state index contributed by atoms with van der Waals surface area (Å²) in [6.45, 7) is 4.11. The minimum Gasteiger partial charge on any atom is -0.493 e. The first-order chi connectivity index (χ1) is 14.0. The topological polar surface area (TPSA) is 85.4 Å². The molecule has 1 aromatic heterocycles. The van der Waals surface area contributed by atoms with E-state index in [0.29, 0.717) is 23.1 Å². The Bertz CT molecular complexity index is 1020. The smallest absolute Gasteiger partial charge is 0.274 e. The fourth-order valence-corrected chi connectivity index (χ4v) is 2.97. The van der Waals surface area contributed by atoms with Crippen LogP contribution in [-0.4, -0.2) is 30.1 Å².